The Morgan fingerprint density at radius 1 is 1.00 bits per heavy atom. The second kappa shape index (κ2) is 6.94. The molecule has 0 aromatic heterocycles. The van der Waals surface area contributed by atoms with E-state index in [4.69, 9.17) is 0 Å². The summed E-state index contributed by atoms with van der Waals surface area (Å²) >= 11 is 0. The molecule has 102 valence electrons. The van der Waals surface area contributed by atoms with Crippen molar-refractivity contribution in [2.45, 2.75) is 72.9 Å². The maximum absolute atomic E-state index is 3.72. The number of nitrogens with one attached hydrogen (secondary N) is 1. The van der Waals surface area contributed by atoms with E-state index in [9.17, 15) is 0 Å². The number of unbranched alkanes of at least 4 members (excludes halogenated alkanes) is 1. The van der Waals surface area contributed by atoms with Crippen LogP contribution in [0.2, 0.25) is 0 Å². The predicted molar refractivity (Wildman–Crippen MR) is 81.2 cm³/mol. The molecule has 1 rings (SSSR count). The molecule has 0 aliphatic heterocycles. The highest BCUT2D eigenvalue weighted by Gasteiger charge is 2.12. The summed E-state index contributed by atoms with van der Waals surface area (Å²) in [5, 5.41) is 3.72. The zero-order chi connectivity index (χ0) is 13.7. The van der Waals surface area contributed by atoms with Crippen molar-refractivity contribution >= 4 is 0 Å². The van der Waals surface area contributed by atoms with Crippen LogP contribution in [0.15, 0.2) is 12.1 Å². The van der Waals surface area contributed by atoms with E-state index in [0.717, 1.165) is 0 Å². The molecule has 0 aliphatic rings. The van der Waals surface area contributed by atoms with Crippen molar-refractivity contribution < 1.29 is 0 Å². The summed E-state index contributed by atoms with van der Waals surface area (Å²) in [6, 6.07) is 5.69. The van der Waals surface area contributed by atoms with Gasteiger partial charge in [0.05, 0.1) is 0 Å². The van der Waals surface area contributed by atoms with Gasteiger partial charge in [0.25, 0.3) is 0 Å². The van der Waals surface area contributed by atoms with Gasteiger partial charge in [0.2, 0.25) is 0 Å². The topological polar surface area (TPSA) is 12.0 Å². The summed E-state index contributed by atoms with van der Waals surface area (Å²) < 4.78 is 0. The Hall–Kier alpha value is -0.820. The predicted octanol–water partition coefficient (Wildman–Crippen LogP) is 4.84. The number of hydrogen-bond acceptors (Lipinski definition) is 1. The first-order valence-corrected chi connectivity index (χ1v) is 7.29. The maximum atomic E-state index is 3.72. The van der Waals surface area contributed by atoms with Gasteiger partial charge in [-0.05, 0) is 63.3 Å². The van der Waals surface area contributed by atoms with Crippen molar-refractivity contribution in [3.8, 4) is 0 Å². The van der Waals surface area contributed by atoms with Gasteiger partial charge in [0.1, 0.15) is 0 Å². The molecule has 2 unspecified atom stereocenters. The zero-order valence-electron chi connectivity index (χ0n) is 12.9. The van der Waals surface area contributed by atoms with Gasteiger partial charge in [-0.15, -0.1) is 0 Å². The lowest BCUT2D eigenvalue weighted by Crippen LogP contribution is -2.29. The van der Waals surface area contributed by atoms with E-state index in [0.29, 0.717) is 12.1 Å². The van der Waals surface area contributed by atoms with Gasteiger partial charge >= 0.3 is 0 Å². The van der Waals surface area contributed by atoms with Crippen LogP contribution in [-0.4, -0.2) is 6.04 Å². The van der Waals surface area contributed by atoms with Gasteiger partial charge in [-0.1, -0.05) is 31.9 Å². The van der Waals surface area contributed by atoms with Crippen molar-refractivity contribution in [2.75, 3.05) is 0 Å². The summed E-state index contributed by atoms with van der Waals surface area (Å²) in [5.74, 6) is 0. The Balaban J connectivity index is 2.72. The maximum Gasteiger partial charge on any atom is 0.0296 e. The van der Waals surface area contributed by atoms with Crippen molar-refractivity contribution in [3.05, 3.63) is 34.4 Å². The minimum Gasteiger partial charge on any atom is -0.308 e. The smallest absolute Gasteiger partial charge is 0.0296 e. The second-order valence-electron chi connectivity index (χ2n) is 5.72. The Morgan fingerprint density at radius 3 is 2.22 bits per heavy atom. The molecule has 0 heterocycles. The molecule has 0 fully saturated rings. The van der Waals surface area contributed by atoms with Crippen molar-refractivity contribution in [1.29, 1.82) is 0 Å². The lowest BCUT2D eigenvalue weighted by Gasteiger charge is -2.22. The first-order chi connectivity index (χ1) is 8.45. The largest absolute Gasteiger partial charge is 0.308 e. The average molecular weight is 247 g/mol. The highest BCUT2D eigenvalue weighted by Crippen LogP contribution is 2.22. The van der Waals surface area contributed by atoms with E-state index in [1.165, 1.54) is 41.5 Å². The minimum atomic E-state index is 0.441. The molecule has 1 nitrogen and oxygen atoms in total. The fourth-order valence-corrected chi connectivity index (χ4v) is 2.56. The van der Waals surface area contributed by atoms with Gasteiger partial charge in [-0.2, -0.15) is 0 Å². The van der Waals surface area contributed by atoms with E-state index in [1.807, 2.05) is 0 Å². The Morgan fingerprint density at radius 2 is 1.61 bits per heavy atom. The third kappa shape index (κ3) is 4.13. The number of benzene rings is 1. The second-order valence-corrected chi connectivity index (χ2v) is 5.72. The molecule has 0 spiro atoms. The van der Waals surface area contributed by atoms with Crippen LogP contribution < -0.4 is 5.32 Å². The summed E-state index contributed by atoms with van der Waals surface area (Å²) in [6.45, 7) is 13.4. The lowest BCUT2D eigenvalue weighted by atomic mass is 9.96. The first-order valence-electron chi connectivity index (χ1n) is 7.29. The van der Waals surface area contributed by atoms with Gasteiger partial charge in [0.15, 0.2) is 0 Å². The number of hydrogen-bond donors (Lipinski definition) is 1. The summed E-state index contributed by atoms with van der Waals surface area (Å²) in [7, 11) is 0. The highest BCUT2D eigenvalue weighted by molar-refractivity contribution is 5.38. The molecule has 18 heavy (non-hydrogen) atoms. The standard InChI is InChI=1S/C17H29N/c1-7-8-9-15(5)18-16(6)17-11-13(3)12(2)10-14(17)4/h10-11,15-16,18H,7-9H2,1-6H3. The van der Waals surface area contributed by atoms with Gasteiger partial charge in [0, 0.05) is 12.1 Å². The summed E-state index contributed by atoms with van der Waals surface area (Å²) in [6.07, 6.45) is 3.86. The molecule has 0 saturated heterocycles. The number of aryl methyl sites for hydroxylation is 3. The van der Waals surface area contributed by atoms with Crippen molar-refractivity contribution in [1.82, 2.24) is 5.32 Å². The normalized spacial score (nSPS) is 14.6. The quantitative estimate of drug-likeness (QED) is 0.758. The Kier molecular flexibility index (Phi) is 5.87. The van der Waals surface area contributed by atoms with E-state index in [2.05, 4.69) is 59.0 Å². The third-order valence-corrected chi connectivity index (χ3v) is 3.87. The zero-order valence-corrected chi connectivity index (χ0v) is 12.9. The SMILES string of the molecule is CCCCC(C)NC(C)c1cc(C)c(C)cc1C. The van der Waals surface area contributed by atoms with E-state index >= 15 is 0 Å². The summed E-state index contributed by atoms with van der Waals surface area (Å²) in [4.78, 5) is 0. The van der Waals surface area contributed by atoms with Crippen LogP contribution >= 0.6 is 0 Å². The monoisotopic (exact) mass is 247 g/mol. The van der Waals surface area contributed by atoms with Crippen LogP contribution in [0.1, 0.15) is 68.3 Å². The van der Waals surface area contributed by atoms with Crippen LogP contribution in [0.25, 0.3) is 0 Å². The van der Waals surface area contributed by atoms with Crippen LogP contribution in [0.4, 0.5) is 0 Å². The van der Waals surface area contributed by atoms with E-state index in [-0.39, 0.29) is 0 Å². The molecule has 2 atom stereocenters. The minimum absolute atomic E-state index is 0.441. The summed E-state index contributed by atoms with van der Waals surface area (Å²) in [5.41, 5.74) is 5.63. The van der Waals surface area contributed by atoms with Crippen LogP contribution in [0.3, 0.4) is 0 Å². The fraction of sp³-hybridized carbons (Fsp3) is 0.647. The van der Waals surface area contributed by atoms with Crippen molar-refractivity contribution in [2.24, 2.45) is 0 Å². The number of rotatable bonds is 6. The van der Waals surface area contributed by atoms with Gasteiger partial charge < -0.3 is 5.32 Å². The molecule has 1 aromatic carbocycles. The van der Waals surface area contributed by atoms with E-state index in [1.54, 1.807) is 0 Å². The van der Waals surface area contributed by atoms with Gasteiger partial charge in [-0.25, -0.2) is 0 Å². The molecule has 1 heteroatoms. The van der Waals surface area contributed by atoms with Crippen LogP contribution in [0.5, 0.6) is 0 Å². The Bertz CT molecular complexity index is 381. The van der Waals surface area contributed by atoms with Gasteiger partial charge in [-0.3, -0.25) is 0 Å². The van der Waals surface area contributed by atoms with Crippen LogP contribution in [-0.2, 0) is 0 Å². The molecule has 0 aliphatic carbocycles. The molecule has 0 amide bonds. The Labute approximate surface area is 113 Å². The fourth-order valence-electron chi connectivity index (χ4n) is 2.56. The molecule has 0 radical (unpaired) electrons. The van der Waals surface area contributed by atoms with E-state index < -0.39 is 0 Å². The molecule has 1 aromatic rings. The highest BCUT2D eigenvalue weighted by atomic mass is 14.9. The molecular formula is C17H29N. The molecule has 1 N–H and O–H groups in total. The van der Waals surface area contributed by atoms with Crippen molar-refractivity contribution in [3.63, 3.8) is 0 Å². The average Bonchev–Trinajstić information content (AvgIpc) is 2.31. The lowest BCUT2D eigenvalue weighted by molar-refractivity contribution is 0.443. The molecular weight excluding hydrogens is 218 g/mol. The molecule has 0 bridgehead atoms. The first kappa shape index (κ1) is 15.2. The molecule has 0 saturated carbocycles. The third-order valence-electron chi connectivity index (χ3n) is 3.87. The van der Waals surface area contributed by atoms with Crippen LogP contribution in [0, 0.1) is 20.8 Å².